The molecule has 184 valence electrons. The van der Waals surface area contributed by atoms with E-state index in [1.807, 2.05) is 0 Å². The minimum Gasteiger partial charge on any atom is -0.378 e. The number of imide groups is 1. The fraction of sp³-hybridized carbons (Fsp3) is 0.292. The van der Waals surface area contributed by atoms with Crippen molar-refractivity contribution in [1.82, 2.24) is 30.1 Å². The zero-order valence-corrected chi connectivity index (χ0v) is 19.1. The second-order valence-corrected chi connectivity index (χ2v) is 8.85. The van der Waals surface area contributed by atoms with Gasteiger partial charge in [-0.3, -0.25) is 14.9 Å². The first-order valence-corrected chi connectivity index (χ1v) is 11.6. The van der Waals surface area contributed by atoms with Crippen molar-refractivity contribution in [3.63, 3.8) is 0 Å². The number of carbonyl (C=O) groups excluding carboxylic acids is 3. The number of ether oxygens (including phenoxy) is 1. The molecule has 4 heterocycles. The summed E-state index contributed by atoms with van der Waals surface area (Å²) in [6, 6.07) is 5.85. The molecule has 3 fully saturated rings. The zero-order valence-electron chi connectivity index (χ0n) is 19.1. The number of benzene rings is 1. The van der Waals surface area contributed by atoms with E-state index in [1.54, 1.807) is 27.7 Å². The Morgan fingerprint density at radius 3 is 2.69 bits per heavy atom. The molecule has 0 radical (unpaired) electrons. The molecule has 36 heavy (non-hydrogen) atoms. The summed E-state index contributed by atoms with van der Waals surface area (Å²) in [5.41, 5.74) is 2.05. The summed E-state index contributed by atoms with van der Waals surface area (Å²) in [7, 11) is 0. The number of carbonyl (C=O) groups is 3. The topological polar surface area (TPSA) is 130 Å². The molecular formula is C24H22FN7O4. The fourth-order valence-corrected chi connectivity index (χ4v) is 4.19. The number of anilines is 1. The van der Waals surface area contributed by atoms with E-state index in [0.717, 1.165) is 12.8 Å². The fourth-order valence-electron chi connectivity index (χ4n) is 4.19. The molecule has 3 aromatic rings. The average Bonchev–Trinajstić information content (AvgIpc) is 3.52. The van der Waals surface area contributed by atoms with Gasteiger partial charge in [0.15, 0.2) is 5.65 Å². The Balaban J connectivity index is 1.43. The Bertz CT molecular complexity index is 1440. The molecule has 0 unspecified atom stereocenters. The largest absolute Gasteiger partial charge is 0.378 e. The van der Waals surface area contributed by atoms with E-state index in [1.165, 1.54) is 18.2 Å². The summed E-state index contributed by atoms with van der Waals surface area (Å²) in [6.07, 6.45) is 5.10. The number of nitrogens with zero attached hydrogens (tertiary/aromatic N) is 4. The van der Waals surface area contributed by atoms with E-state index in [4.69, 9.17) is 9.72 Å². The number of fused-ring (bicyclic) bond motifs is 1. The van der Waals surface area contributed by atoms with Crippen LogP contribution in [0, 0.1) is 5.82 Å². The Morgan fingerprint density at radius 2 is 1.97 bits per heavy atom. The molecule has 2 aromatic heterocycles. The van der Waals surface area contributed by atoms with Crippen molar-refractivity contribution in [3.8, 4) is 11.3 Å². The molecule has 1 saturated carbocycles. The quantitative estimate of drug-likeness (QED) is 0.366. The summed E-state index contributed by atoms with van der Waals surface area (Å²) in [6.45, 7) is 1.64. The minimum atomic E-state index is -0.606. The number of morpholine rings is 1. The Labute approximate surface area is 204 Å². The third-order valence-electron chi connectivity index (χ3n) is 6.24. The van der Waals surface area contributed by atoms with Crippen molar-refractivity contribution in [1.29, 1.82) is 0 Å². The number of halogens is 1. The Hall–Kier alpha value is -4.32. The number of amides is 4. The summed E-state index contributed by atoms with van der Waals surface area (Å²) >= 11 is 0. The van der Waals surface area contributed by atoms with Gasteiger partial charge in [0.25, 0.3) is 11.8 Å². The monoisotopic (exact) mass is 491 g/mol. The van der Waals surface area contributed by atoms with Crippen LogP contribution in [0.5, 0.6) is 0 Å². The highest BCUT2D eigenvalue weighted by Gasteiger charge is 2.26. The number of hydrogen-bond acceptors (Lipinski definition) is 7. The second kappa shape index (κ2) is 8.72. The zero-order chi connectivity index (χ0) is 24.8. The molecule has 11 nitrogen and oxygen atoms in total. The normalized spacial score (nSPS) is 19.0. The third-order valence-corrected chi connectivity index (χ3v) is 6.24. The number of nitrogens with one attached hydrogen (secondary N) is 3. The maximum atomic E-state index is 14.7. The van der Waals surface area contributed by atoms with Gasteiger partial charge in [-0.05, 0) is 37.1 Å². The SMILES string of the molecule is O=C1NC(=O)C(=Cc2cnn3c(NC4CC4)cc(-c4ccc(F)c(C(=O)N5CCOCC5)c4)nc23)N1. The predicted molar refractivity (Wildman–Crippen MR) is 126 cm³/mol. The van der Waals surface area contributed by atoms with Crippen molar-refractivity contribution >= 4 is 35.4 Å². The van der Waals surface area contributed by atoms with E-state index in [0.29, 0.717) is 60.6 Å². The summed E-state index contributed by atoms with van der Waals surface area (Å²) in [5.74, 6) is -0.873. The van der Waals surface area contributed by atoms with Crippen LogP contribution in [0.4, 0.5) is 15.0 Å². The van der Waals surface area contributed by atoms with E-state index in [9.17, 15) is 18.8 Å². The lowest BCUT2D eigenvalue weighted by Crippen LogP contribution is -2.41. The lowest BCUT2D eigenvalue weighted by molar-refractivity contribution is -0.115. The Morgan fingerprint density at radius 1 is 1.17 bits per heavy atom. The summed E-state index contributed by atoms with van der Waals surface area (Å²) < 4.78 is 21.6. The standard InChI is InChI=1S/C24H22FN7O4/c25-17-4-1-13(9-16(17)23(34)31-5-7-36-8-6-31)18-11-20(27-15-2-3-15)32-21(28-18)14(12-26-32)10-19-22(33)30-24(35)29-19/h1,4,9-12,15,27H,2-3,5-8H2,(H2,29,30,33,35). The molecule has 2 aliphatic heterocycles. The molecule has 6 rings (SSSR count). The summed E-state index contributed by atoms with van der Waals surface area (Å²) in [4.78, 5) is 42.8. The van der Waals surface area contributed by atoms with Gasteiger partial charge in [0, 0.05) is 36.3 Å². The van der Waals surface area contributed by atoms with Crippen molar-refractivity contribution in [2.75, 3.05) is 31.6 Å². The van der Waals surface area contributed by atoms with Crippen molar-refractivity contribution in [3.05, 3.63) is 53.1 Å². The smallest absolute Gasteiger partial charge is 0.326 e. The molecule has 2 saturated heterocycles. The van der Waals surface area contributed by atoms with Crippen LogP contribution in [-0.2, 0) is 9.53 Å². The first-order valence-electron chi connectivity index (χ1n) is 11.6. The van der Waals surface area contributed by atoms with Crippen LogP contribution in [0.15, 0.2) is 36.2 Å². The lowest BCUT2D eigenvalue weighted by Gasteiger charge is -2.27. The maximum absolute atomic E-state index is 14.7. The minimum absolute atomic E-state index is 0.0334. The van der Waals surface area contributed by atoms with Gasteiger partial charge in [-0.1, -0.05) is 0 Å². The van der Waals surface area contributed by atoms with Gasteiger partial charge in [0.2, 0.25) is 0 Å². The molecule has 1 aromatic carbocycles. The van der Waals surface area contributed by atoms with E-state index < -0.39 is 23.7 Å². The number of urea groups is 1. The molecule has 0 atom stereocenters. The van der Waals surface area contributed by atoms with Gasteiger partial charge < -0.3 is 20.3 Å². The highest BCUT2D eigenvalue weighted by Crippen LogP contribution is 2.30. The Kier molecular flexibility index (Phi) is 5.37. The number of hydrogen-bond donors (Lipinski definition) is 3. The van der Waals surface area contributed by atoms with Crippen LogP contribution in [0.3, 0.4) is 0 Å². The summed E-state index contributed by atoms with van der Waals surface area (Å²) in [5, 5.41) is 12.4. The van der Waals surface area contributed by atoms with Gasteiger partial charge in [-0.15, -0.1) is 0 Å². The van der Waals surface area contributed by atoms with Crippen LogP contribution < -0.4 is 16.0 Å². The second-order valence-electron chi connectivity index (χ2n) is 8.85. The van der Waals surface area contributed by atoms with E-state index in [-0.39, 0.29) is 11.3 Å². The first kappa shape index (κ1) is 22.2. The lowest BCUT2D eigenvalue weighted by atomic mass is 10.1. The molecule has 1 aliphatic carbocycles. The van der Waals surface area contributed by atoms with Gasteiger partial charge in [0.05, 0.1) is 30.7 Å². The average molecular weight is 491 g/mol. The third kappa shape index (κ3) is 4.15. The number of aromatic nitrogens is 3. The van der Waals surface area contributed by atoms with Crippen LogP contribution in [0.2, 0.25) is 0 Å². The maximum Gasteiger partial charge on any atom is 0.326 e. The van der Waals surface area contributed by atoms with Crippen molar-refractivity contribution < 1.29 is 23.5 Å². The van der Waals surface area contributed by atoms with Gasteiger partial charge in [-0.25, -0.2) is 14.2 Å². The van der Waals surface area contributed by atoms with Crippen LogP contribution >= 0.6 is 0 Å². The van der Waals surface area contributed by atoms with Gasteiger partial charge >= 0.3 is 6.03 Å². The van der Waals surface area contributed by atoms with Crippen molar-refractivity contribution in [2.24, 2.45) is 0 Å². The molecule has 3 aliphatic rings. The highest BCUT2D eigenvalue weighted by atomic mass is 19.1. The van der Waals surface area contributed by atoms with Crippen LogP contribution in [0.25, 0.3) is 23.0 Å². The van der Waals surface area contributed by atoms with Gasteiger partial charge in [-0.2, -0.15) is 9.61 Å². The first-order chi connectivity index (χ1) is 17.5. The molecule has 12 heteroatoms. The van der Waals surface area contributed by atoms with E-state index >= 15 is 0 Å². The van der Waals surface area contributed by atoms with Crippen LogP contribution in [0.1, 0.15) is 28.8 Å². The molecule has 3 N–H and O–H groups in total. The van der Waals surface area contributed by atoms with Crippen LogP contribution in [-0.4, -0.2) is 69.7 Å². The number of rotatable bonds is 5. The van der Waals surface area contributed by atoms with E-state index in [2.05, 4.69) is 21.0 Å². The predicted octanol–water partition coefficient (Wildman–Crippen LogP) is 1.76. The van der Waals surface area contributed by atoms with Crippen molar-refractivity contribution in [2.45, 2.75) is 18.9 Å². The highest BCUT2D eigenvalue weighted by molar-refractivity contribution is 6.14. The van der Waals surface area contributed by atoms with Gasteiger partial charge in [0.1, 0.15) is 17.3 Å². The molecular weight excluding hydrogens is 469 g/mol. The molecule has 0 bridgehead atoms. The molecule has 0 spiro atoms. The molecule has 4 amide bonds.